The van der Waals surface area contributed by atoms with Gasteiger partial charge in [-0.15, -0.1) is 0 Å². The summed E-state index contributed by atoms with van der Waals surface area (Å²) in [6.45, 7) is 2.50. The second kappa shape index (κ2) is 3.51. The highest BCUT2D eigenvalue weighted by atomic mass is 35.7. The van der Waals surface area contributed by atoms with Crippen molar-refractivity contribution in [3.8, 4) is 0 Å². The van der Waals surface area contributed by atoms with E-state index in [1.807, 2.05) is 6.92 Å². The zero-order chi connectivity index (χ0) is 7.61. The first-order valence-corrected chi connectivity index (χ1v) is 6.98. The molecule has 1 N–H and O–H groups in total. The molecule has 1 atom stereocenters. The Kier molecular flexibility index (Phi) is 3.14. The fourth-order valence-corrected chi connectivity index (χ4v) is 3.21. The lowest BCUT2D eigenvalue weighted by molar-refractivity contribution is 0.378. The first-order valence-electron chi connectivity index (χ1n) is 3.36. The quantitative estimate of drug-likeness (QED) is 0.702. The Hall–Kier alpha value is 0.860. The summed E-state index contributed by atoms with van der Waals surface area (Å²) in [5.41, 5.74) is 0. The van der Waals surface area contributed by atoms with Gasteiger partial charge in [0.25, 0.3) is 0 Å². The predicted molar refractivity (Wildman–Crippen MR) is 47.9 cm³/mol. The maximum absolute atomic E-state index is 5.86. The van der Waals surface area contributed by atoms with Crippen LogP contribution in [0, 0.1) is 0 Å². The SMILES string of the molecule is CCOP(=S)(Cl)NC1CC1. The minimum Gasteiger partial charge on any atom is -0.327 e. The predicted octanol–water partition coefficient (Wildman–Crippen LogP) is 2.24. The summed E-state index contributed by atoms with van der Waals surface area (Å²) in [7, 11) is 0. The number of nitrogens with one attached hydrogen (secondary N) is 1. The smallest absolute Gasteiger partial charge is 0.219 e. The van der Waals surface area contributed by atoms with E-state index in [0.29, 0.717) is 12.6 Å². The van der Waals surface area contributed by atoms with E-state index < -0.39 is 5.77 Å². The van der Waals surface area contributed by atoms with Crippen molar-refractivity contribution >= 4 is 28.8 Å². The van der Waals surface area contributed by atoms with Crippen molar-refractivity contribution in [1.82, 2.24) is 5.09 Å². The summed E-state index contributed by atoms with van der Waals surface area (Å²) in [6, 6.07) is 0.537. The zero-order valence-electron chi connectivity index (χ0n) is 5.84. The molecule has 0 aromatic rings. The van der Waals surface area contributed by atoms with Crippen molar-refractivity contribution in [3.63, 3.8) is 0 Å². The molecule has 1 unspecified atom stereocenters. The van der Waals surface area contributed by atoms with Gasteiger partial charge in [0.15, 0.2) is 0 Å². The third-order valence-corrected chi connectivity index (χ3v) is 3.69. The molecular formula is C5H11ClNOPS. The third kappa shape index (κ3) is 3.31. The molecule has 0 aromatic carbocycles. The van der Waals surface area contributed by atoms with E-state index in [4.69, 9.17) is 27.6 Å². The average molecular weight is 200 g/mol. The van der Waals surface area contributed by atoms with E-state index in [-0.39, 0.29) is 0 Å². The van der Waals surface area contributed by atoms with Crippen molar-refractivity contribution < 1.29 is 4.52 Å². The van der Waals surface area contributed by atoms with Crippen LogP contribution in [0.2, 0.25) is 0 Å². The Morgan fingerprint density at radius 1 is 1.80 bits per heavy atom. The summed E-state index contributed by atoms with van der Waals surface area (Å²) in [4.78, 5) is 0. The van der Waals surface area contributed by atoms with Gasteiger partial charge in [0.1, 0.15) is 0 Å². The average Bonchev–Trinajstić information content (AvgIpc) is 2.48. The lowest BCUT2D eigenvalue weighted by atomic mass is 10.8. The van der Waals surface area contributed by atoms with Crippen LogP contribution in [0.25, 0.3) is 0 Å². The van der Waals surface area contributed by atoms with Crippen LogP contribution in [0.15, 0.2) is 0 Å². The molecule has 10 heavy (non-hydrogen) atoms. The summed E-state index contributed by atoms with van der Waals surface area (Å²) in [5, 5.41) is 3.10. The van der Waals surface area contributed by atoms with Crippen LogP contribution in [0.3, 0.4) is 0 Å². The van der Waals surface area contributed by atoms with Gasteiger partial charge in [-0.25, -0.2) is 0 Å². The number of halogens is 1. The van der Waals surface area contributed by atoms with Crippen LogP contribution in [-0.2, 0) is 16.3 Å². The van der Waals surface area contributed by atoms with Gasteiger partial charge >= 0.3 is 0 Å². The van der Waals surface area contributed by atoms with E-state index in [1.54, 1.807) is 0 Å². The van der Waals surface area contributed by atoms with Crippen molar-refractivity contribution in [3.05, 3.63) is 0 Å². The zero-order valence-corrected chi connectivity index (χ0v) is 8.31. The van der Waals surface area contributed by atoms with Gasteiger partial charge in [-0.1, -0.05) is 0 Å². The van der Waals surface area contributed by atoms with Gasteiger partial charge in [0.05, 0.1) is 6.61 Å². The molecule has 0 amide bonds. The molecule has 1 aliphatic carbocycles. The summed E-state index contributed by atoms with van der Waals surface area (Å²) >= 11 is 10.9. The Balaban J connectivity index is 2.26. The normalized spacial score (nSPS) is 24.2. The van der Waals surface area contributed by atoms with Gasteiger partial charge < -0.3 is 4.52 Å². The molecular weight excluding hydrogens is 189 g/mol. The van der Waals surface area contributed by atoms with E-state index in [0.717, 1.165) is 0 Å². The Bertz CT molecular complexity index is 162. The molecule has 0 aliphatic heterocycles. The van der Waals surface area contributed by atoms with Gasteiger partial charge in [-0.3, -0.25) is 5.09 Å². The standard InChI is InChI=1S/C5H11ClNOPS/c1-2-8-9(6,10)7-5-3-4-5/h5H,2-4H2,1H3,(H,7,10). The molecule has 1 saturated carbocycles. The maximum Gasteiger partial charge on any atom is 0.219 e. The van der Waals surface area contributed by atoms with Crippen molar-refractivity contribution in [1.29, 1.82) is 0 Å². The second-order valence-electron chi connectivity index (χ2n) is 2.30. The highest BCUT2D eigenvalue weighted by molar-refractivity contribution is 8.23. The van der Waals surface area contributed by atoms with E-state index >= 15 is 0 Å². The molecule has 0 saturated heterocycles. The maximum atomic E-state index is 5.86. The molecule has 1 fully saturated rings. The summed E-state index contributed by atoms with van der Waals surface area (Å²) in [6.07, 6.45) is 2.39. The molecule has 0 heterocycles. The van der Waals surface area contributed by atoms with Crippen LogP contribution in [0.5, 0.6) is 0 Å². The minimum atomic E-state index is -2.13. The molecule has 0 radical (unpaired) electrons. The molecule has 0 aromatic heterocycles. The first-order chi connectivity index (χ1) is 4.64. The van der Waals surface area contributed by atoms with Gasteiger partial charge in [-0.2, -0.15) is 0 Å². The number of hydrogen-bond donors (Lipinski definition) is 1. The number of rotatable bonds is 4. The van der Waals surface area contributed by atoms with Gasteiger partial charge in [0, 0.05) is 6.04 Å². The molecule has 5 heteroatoms. The monoisotopic (exact) mass is 199 g/mol. The van der Waals surface area contributed by atoms with E-state index in [2.05, 4.69) is 5.09 Å². The van der Waals surface area contributed by atoms with Crippen LogP contribution < -0.4 is 5.09 Å². The largest absolute Gasteiger partial charge is 0.327 e. The lowest BCUT2D eigenvalue weighted by Gasteiger charge is -2.13. The van der Waals surface area contributed by atoms with Crippen LogP contribution >= 0.6 is 17.0 Å². The Labute approximate surface area is 71.2 Å². The summed E-state index contributed by atoms with van der Waals surface area (Å²) < 4.78 is 5.16. The highest BCUT2D eigenvalue weighted by Crippen LogP contribution is 2.50. The van der Waals surface area contributed by atoms with Crippen LogP contribution in [-0.4, -0.2) is 12.6 Å². The Morgan fingerprint density at radius 2 is 2.40 bits per heavy atom. The fourth-order valence-electron chi connectivity index (χ4n) is 0.634. The fraction of sp³-hybridized carbons (Fsp3) is 1.00. The van der Waals surface area contributed by atoms with Crippen molar-refractivity contribution in [2.75, 3.05) is 6.61 Å². The van der Waals surface area contributed by atoms with E-state index in [9.17, 15) is 0 Å². The molecule has 1 rings (SSSR count). The van der Waals surface area contributed by atoms with Gasteiger partial charge in [-0.05, 0) is 42.8 Å². The van der Waals surface area contributed by atoms with Crippen LogP contribution in [0.1, 0.15) is 19.8 Å². The minimum absolute atomic E-state index is 0.537. The molecule has 1 aliphatic rings. The molecule has 60 valence electrons. The first kappa shape index (κ1) is 8.95. The third-order valence-electron chi connectivity index (χ3n) is 1.21. The van der Waals surface area contributed by atoms with Crippen molar-refractivity contribution in [2.45, 2.75) is 25.8 Å². The highest BCUT2D eigenvalue weighted by Gasteiger charge is 2.27. The molecule has 2 nitrogen and oxygen atoms in total. The molecule has 0 spiro atoms. The lowest BCUT2D eigenvalue weighted by Crippen LogP contribution is -2.10. The Morgan fingerprint density at radius 3 is 2.80 bits per heavy atom. The summed E-state index contributed by atoms with van der Waals surface area (Å²) in [5.74, 6) is -2.13. The molecule has 0 bridgehead atoms. The number of hydrogen-bond acceptors (Lipinski definition) is 2. The second-order valence-corrected chi connectivity index (χ2v) is 7.35. The topological polar surface area (TPSA) is 21.3 Å². The van der Waals surface area contributed by atoms with E-state index in [1.165, 1.54) is 12.8 Å². The van der Waals surface area contributed by atoms with Crippen molar-refractivity contribution in [2.24, 2.45) is 0 Å². The van der Waals surface area contributed by atoms with Gasteiger partial charge in [0.2, 0.25) is 5.77 Å². The van der Waals surface area contributed by atoms with Crippen LogP contribution in [0.4, 0.5) is 0 Å².